The minimum atomic E-state index is -4.43. The van der Waals surface area contributed by atoms with Crippen LogP contribution in [-0.2, 0) is 18.8 Å². The average Bonchev–Trinajstić information content (AvgIpc) is 2.89. The molecule has 2 heterocycles. The van der Waals surface area contributed by atoms with Gasteiger partial charge in [-0.15, -0.1) is 0 Å². The van der Waals surface area contributed by atoms with E-state index in [2.05, 4.69) is 10.3 Å². The number of hydrogen-bond donors (Lipinski definition) is 4. The molecule has 1 aromatic heterocycles. The Bertz CT molecular complexity index is 813. The van der Waals surface area contributed by atoms with Gasteiger partial charge in [0.2, 0.25) is 0 Å². The first-order valence-corrected chi connectivity index (χ1v) is 9.36. The van der Waals surface area contributed by atoms with E-state index in [-0.39, 0.29) is 12.3 Å². The van der Waals surface area contributed by atoms with Gasteiger partial charge in [0.05, 0.1) is 6.73 Å². The molecule has 0 bridgehead atoms. The SMILES string of the molecule is CNCOC1C(OC)[C@H](n2ccc(=O)[nH]c2=O)O[C@@H]1/C(C)=C/P(=O)(O)O. The van der Waals surface area contributed by atoms with Crippen molar-refractivity contribution in [2.45, 2.75) is 31.5 Å². The summed E-state index contributed by atoms with van der Waals surface area (Å²) in [6.07, 6.45) is -2.09. The lowest BCUT2D eigenvalue weighted by Crippen LogP contribution is -2.40. The van der Waals surface area contributed by atoms with E-state index in [0.717, 1.165) is 16.5 Å². The fourth-order valence-electron chi connectivity index (χ4n) is 2.81. The van der Waals surface area contributed by atoms with E-state index in [1.165, 1.54) is 20.2 Å². The van der Waals surface area contributed by atoms with E-state index >= 15 is 0 Å². The third-order valence-electron chi connectivity index (χ3n) is 3.83. The van der Waals surface area contributed by atoms with Crippen molar-refractivity contribution in [3.8, 4) is 0 Å². The Labute approximate surface area is 148 Å². The zero-order valence-electron chi connectivity index (χ0n) is 14.5. The summed E-state index contributed by atoms with van der Waals surface area (Å²) in [6.45, 7) is 1.62. The molecule has 1 aliphatic heterocycles. The lowest BCUT2D eigenvalue weighted by atomic mass is 10.0. The van der Waals surface area contributed by atoms with Crippen LogP contribution in [0.2, 0.25) is 0 Å². The maximum Gasteiger partial charge on any atom is 0.349 e. The van der Waals surface area contributed by atoms with Crippen LogP contribution in [0.1, 0.15) is 13.2 Å². The minimum absolute atomic E-state index is 0.126. The highest BCUT2D eigenvalue weighted by molar-refractivity contribution is 7.55. The van der Waals surface area contributed by atoms with Gasteiger partial charge in [0.15, 0.2) is 6.23 Å². The molecule has 0 amide bonds. The van der Waals surface area contributed by atoms with E-state index in [1.807, 2.05) is 0 Å². The number of methoxy groups -OCH3 is 1. The van der Waals surface area contributed by atoms with E-state index in [0.29, 0.717) is 0 Å². The Balaban J connectivity index is 2.45. The van der Waals surface area contributed by atoms with Crippen molar-refractivity contribution in [1.82, 2.24) is 14.9 Å². The molecule has 2 unspecified atom stereocenters. The van der Waals surface area contributed by atoms with E-state index in [1.54, 1.807) is 7.05 Å². The summed E-state index contributed by atoms with van der Waals surface area (Å²) in [5.74, 6) is 0.790. The highest BCUT2D eigenvalue weighted by Crippen LogP contribution is 2.42. The molecule has 1 fully saturated rings. The first-order chi connectivity index (χ1) is 12.2. The third kappa shape index (κ3) is 4.77. The normalized spacial score (nSPS) is 27.0. The van der Waals surface area contributed by atoms with Crippen LogP contribution in [-0.4, -0.2) is 58.5 Å². The van der Waals surface area contributed by atoms with E-state index in [9.17, 15) is 23.9 Å². The van der Waals surface area contributed by atoms with Crippen LogP contribution in [0.3, 0.4) is 0 Å². The molecule has 4 atom stereocenters. The molecule has 0 radical (unpaired) electrons. The van der Waals surface area contributed by atoms with Crippen molar-refractivity contribution in [3.05, 3.63) is 44.5 Å². The standard InChI is InChI=1S/C14H22N3O8P/c1-8(6-26(20,21)22)10-11(24-7-15-2)12(23-3)13(25-10)17-5-4-9(18)16-14(17)19/h4-6,10-13,15H,7H2,1-3H3,(H,16,18,19)(H2,20,21,22)/b8-6+/t10-,11?,12?,13-/m1/s1. The smallest absolute Gasteiger partial charge is 0.349 e. The average molecular weight is 391 g/mol. The fourth-order valence-corrected chi connectivity index (χ4v) is 3.49. The molecule has 0 saturated carbocycles. The second kappa shape index (κ2) is 8.40. The minimum Gasteiger partial charge on any atom is -0.374 e. The van der Waals surface area contributed by atoms with Gasteiger partial charge < -0.3 is 24.0 Å². The molecular weight excluding hydrogens is 369 g/mol. The summed E-state index contributed by atoms with van der Waals surface area (Å²) in [6, 6.07) is 1.16. The van der Waals surface area contributed by atoms with Crippen molar-refractivity contribution < 1.29 is 28.6 Å². The van der Waals surface area contributed by atoms with Gasteiger partial charge >= 0.3 is 13.3 Å². The van der Waals surface area contributed by atoms with Crippen LogP contribution in [0, 0.1) is 0 Å². The Morgan fingerprint density at radius 3 is 2.69 bits per heavy atom. The number of H-pyrrole nitrogens is 1. The van der Waals surface area contributed by atoms with Crippen LogP contribution in [0.15, 0.2) is 33.2 Å². The largest absolute Gasteiger partial charge is 0.374 e. The Morgan fingerprint density at radius 1 is 1.46 bits per heavy atom. The highest BCUT2D eigenvalue weighted by atomic mass is 31.2. The molecule has 0 aliphatic carbocycles. The van der Waals surface area contributed by atoms with Gasteiger partial charge in [-0.25, -0.2) is 4.79 Å². The fraction of sp³-hybridized carbons (Fsp3) is 0.571. The number of rotatable bonds is 7. The lowest BCUT2D eigenvalue weighted by molar-refractivity contribution is -0.0634. The molecule has 4 N–H and O–H groups in total. The molecule has 12 heteroatoms. The second-order valence-electron chi connectivity index (χ2n) is 5.76. The van der Waals surface area contributed by atoms with Crippen LogP contribution < -0.4 is 16.6 Å². The van der Waals surface area contributed by atoms with Crippen molar-refractivity contribution in [2.75, 3.05) is 20.9 Å². The van der Waals surface area contributed by atoms with Gasteiger partial charge in [-0.2, -0.15) is 0 Å². The quantitative estimate of drug-likeness (QED) is 0.342. The monoisotopic (exact) mass is 391 g/mol. The lowest BCUT2D eigenvalue weighted by Gasteiger charge is -2.24. The topological polar surface area (TPSA) is 152 Å². The van der Waals surface area contributed by atoms with Crippen molar-refractivity contribution in [3.63, 3.8) is 0 Å². The summed E-state index contributed by atoms with van der Waals surface area (Å²) in [4.78, 5) is 43.9. The van der Waals surface area contributed by atoms with Crippen molar-refractivity contribution >= 4 is 7.60 Å². The van der Waals surface area contributed by atoms with E-state index in [4.69, 9.17) is 14.2 Å². The number of ether oxygens (including phenoxy) is 3. The van der Waals surface area contributed by atoms with Crippen LogP contribution in [0.25, 0.3) is 0 Å². The summed E-state index contributed by atoms with van der Waals surface area (Å²) in [7, 11) is -1.37. The summed E-state index contributed by atoms with van der Waals surface area (Å²) in [5, 5.41) is 2.80. The highest BCUT2D eigenvalue weighted by Gasteiger charge is 2.48. The van der Waals surface area contributed by atoms with Gasteiger partial charge in [-0.1, -0.05) is 0 Å². The molecule has 1 aromatic rings. The Kier molecular flexibility index (Phi) is 6.69. The van der Waals surface area contributed by atoms with Gasteiger partial charge in [0.1, 0.15) is 18.3 Å². The molecular formula is C14H22N3O8P. The molecule has 1 aliphatic rings. The van der Waals surface area contributed by atoms with Crippen LogP contribution >= 0.6 is 7.60 Å². The number of hydrogen-bond acceptors (Lipinski definition) is 7. The molecule has 0 aromatic carbocycles. The first kappa shape index (κ1) is 20.7. The second-order valence-corrected chi connectivity index (χ2v) is 7.19. The maximum atomic E-state index is 12.1. The molecule has 26 heavy (non-hydrogen) atoms. The Morgan fingerprint density at radius 2 is 2.15 bits per heavy atom. The van der Waals surface area contributed by atoms with Crippen molar-refractivity contribution in [1.29, 1.82) is 0 Å². The number of aromatic amines is 1. The number of nitrogens with zero attached hydrogens (tertiary/aromatic N) is 1. The predicted octanol–water partition coefficient (Wildman–Crippen LogP) is -0.907. The first-order valence-electron chi connectivity index (χ1n) is 7.68. The van der Waals surface area contributed by atoms with Crippen LogP contribution in [0.4, 0.5) is 0 Å². The summed E-state index contributed by atoms with van der Waals surface area (Å²) < 4.78 is 29.4. The molecule has 146 valence electrons. The predicted molar refractivity (Wildman–Crippen MR) is 90.6 cm³/mol. The van der Waals surface area contributed by atoms with E-state index < -0.39 is 43.4 Å². The number of nitrogens with one attached hydrogen (secondary N) is 2. The number of aromatic nitrogens is 2. The van der Waals surface area contributed by atoms with Gasteiger partial charge in [-0.3, -0.25) is 24.2 Å². The maximum absolute atomic E-state index is 12.1. The molecule has 0 spiro atoms. The zero-order chi connectivity index (χ0) is 19.5. The molecule has 2 rings (SSSR count). The summed E-state index contributed by atoms with van der Waals surface area (Å²) in [5.41, 5.74) is -1.02. The molecule has 11 nitrogen and oxygen atoms in total. The summed E-state index contributed by atoms with van der Waals surface area (Å²) >= 11 is 0. The third-order valence-corrected chi connectivity index (χ3v) is 4.57. The van der Waals surface area contributed by atoms with Gasteiger partial charge in [-0.05, 0) is 19.5 Å². The Hall–Kier alpha value is -1.59. The van der Waals surface area contributed by atoms with Crippen LogP contribution in [0.5, 0.6) is 0 Å². The van der Waals surface area contributed by atoms with Gasteiger partial charge in [0.25, 0.3) is 5.56 Å². The van der Waals surface area contributed by atoms with Gasteiger partial charge in [0, 0.05) is 25.2 Å². The zero-order valence-corrected chi connectivity index (χ0v) is 15.4. The molecule has 1 saturated heterocycles. The van der Waals surface area contributed by atoms with Crippen molar-refractivity contribution in [2.24, 2.45) is 0 Å².